The minimum Gasteiger partial charge on any atom is -0.384 e. The molecule has 2 bridgehead atoms. The SMILES string of the molecule is CN1C2CCC1CC(CNc1cc(N)ncn1)C2. The summed E-state index contributed by atoms with van der Waals surface area (Å²) in [5.74, 6) is 2.12. The van der Waals surface area contributed by atoms with Crippen molar-refractivity contribution < 1.29 is 0 Å². The topological polar surface area (TPSA) is 67.1 Å². The minimum absolute atomic E-state index is 0.524. The molecule has 2 unspecified atom stereocenters. The average Bonchev–Trinajstić information content (AvgIpc) is 2.60. The number of anilines is 2. The molecule has 0 aromatic carbocycles. The van der Waals surface area contributed by atoms with Crippen molar-refractivity contribution in [2.45, 2.75) is 37.8 Å². The van der Waals surface area contributed by atoms with E-state index in [4.69, 9.17) is 5.73 Å². The van der Waals surface area contributed by atoms with Gasteiger partial charge in [0.15, 0.2) is 0 Å². The molecule has 0 amide bonds. The fourth-order valence-electron chi connectivity index (χ4n) is 3.41. The van der Waals surface area contributed by atoms with Gasteiger partial charge in [-0.05, 0) is 38.6 Å². The first kappa shape index (κ1) is 11.7. The van der Waals surface area contributed by atoms with Crippen molar-refractivity contribution in [3.63, 3.8) is 0 Å². The Kier molecular flexibility index (Phi) is 3.07. The fourth-order valence-corrected chi connectivity index (χ4v) is 3.41. The number of fused-ring (bicyclic) bond motifs is 2. The van der Waals surface area contributed by atoms with Gasteiger partial charge in [-0.25, -0.2) is 9.97 Å². The van der Waals surface area contributed by atoms with Crippen LogP contribution in [0.15, 0.2) is 12.4 Å². The zero-order chi connectivity index (χ0) is 12.5. The first-order valence-electron chi connectivity index (χ1n) is 6.75. The van der Waals surface area contributed by atoms with Gasteiger partial charge in [-0.1, -0.05) is 0 Å². The van der Waals surface area contributed by atoms with E-state index in [0.29, 0.717) is 5.82 Å². The van der Waals surface area contributed by atoms with E-state index in [-0.39, 0.29) is 0 Å². The summed E-state index contributed by atoms with van der Waals surface area (Å²) in [6.45, 7) is 0.997. The molecule has 2 fully saturated rings. The highest BCUT2D eigenvalue weighted by molar-refractivity contribution is 5.43. The van der Waals surface area contributed by atoms with Crippen LogP contribution in [0, 0.1) is 5.92 Å². The lowest BCUT2D eigenvalue weighted by atomic mass is 9.91. The molecule has 3 N–H and O–H groups in total. The van der Waals surface area contributed by atoms with E-state index in [1.54, 1.807) is 6.07 Å². The smallest absolute Gasteiger partial charge is 0.131 e. The number of piperidine rings is 1. The van der Waals surface area contributed by atoms with E-state index < -0.39 is 0 Å². The van der Waals surface area contributed by atoms with Gasteiger partial charge in [-0.3, -0.25) is 0 Å². The van der Waals surface area contributed by atoms with Gasteiger partial charge in [-0.2, -0.15) is 0 Å². The highest BCUT2D eigenvalue weighted by atomic mass is 15.2. The van der Waals surface area contributed by atoms with Gasteiger partial charge in [0.1, 0.15) is 18.0 Å². The molecule has 5 heteroatoms. The first-order valence-corrected chi connectivity index (χ1v) is 6.75. The van der Waals surface area contributed by atoms with Crippen molar-refractivity contribution in [1.29, 1.82) is 0 Å². The van der Waals surface area contributed by atoms with E-state index in [0.717, 1.165) is 30.4 Å². The van der Waals surface area contributed by atoms with Crippen molar-refractivity contribution in [2.75, 3.05) is 24.6 Å². The van der Waals surface area contributed by atoms with Crippen molar-refractivity contribution in [2.24, 2.45) is 5.92 Å². The molecule has 3 rings (SSSR count). The number of hydrogen-bond acceptors (Lipinski definition) is 5. The number of rotatable bonds is 3. The molecule has 98 valence electrons. The molecule has 18 heavy (non-hydrogen) atoms. The van der Waals surface area contributed by atoms with E-state index in [2.05, 4.69) is 27.2 Å². The number of nitrogens with two attached hydrogens (primary N) is 1. The van der Waals surface area contributed by atoms with Crippen LogP contribution in [0.1, 0.15) is 25.7 Å². The average molecular weight is 247 g/mol. The van der Waals surface area contributed by atoms with Crippen LogP contribution >= 0.6 is 0 Å². The summed E-state index contributed by atoms with van der Waals surface area (Å²) >= 11 is 0. The Balaban J connectivity index is 1.55. The molecule has 3 heterocycles. The largest absolute Gasteiger partial charge is 0.384 e. The third-order valence-corrected chi connectivity index (χ3v) is 4.46. The molecule has 0 spiro atoms. The summed E-state index contributed by atoms with van der Waals surface area (Å²) in [7, 11) is 2.27. The second kappa shape index (κ2) is 4.72. The Morgan fingerprint density at radius 1 is 1.33 bits per heavy atom. The number of aromatic nitrogens is 2. The third kappa shape index (κ3) is 2.27. The van der Waals surface area contributed by atoms with Crippen LogP contribution in [0.5, 0.6) is 0 Å². The maximum Gasteiger partial charge on any atom is 0.131 e. The number of nitrogens with zero attached hydrogens (tertiary/aromatic N) is 3. The normalized spacial score (nSPS) is 31.5. The quantitative estimate of drug-likeness (QED) is 0.844. The molecule has 2 saturated heterocycles. The third-order valence-electron chi connectivity index (χ3n) is 4.46. The second-order valence-electron chi connectivity index (χ2n) is 5.60. The summed E-state index contributed by atoms with van der Waals surface area (Å²) in [5.41, 5.74) is 5.64. The molecule has 2 aliphatic heterocycles. The second-order valence-corrected chi connectivity index (χ2v) is 5.60. The Hall–Kier alpha value is -1.36. The summed E-state index contributed by atoms with van der Waals surface area (Å²) in [6.07, 6.45) is 6.87. The first-order chi connectivity index (χ1) is 8.72. The van der Waals surface area contributed by atoms with Gasteiger partial charge in [-0.15, -0.1) is 0 Å². The predicted molar refractivity (Wildman–Crippen MR) is 72.2 cm³/mol. The predicted octanol–water partition coefficient (Wildman–Crippen LogP) is 1.34. The molecule has 1 aromatic rings. The number of nitrogens with one attached hydrogen (secondary N) is 1. The molecule has 5 nitrogen and oxygen atoms in total. The van der Waals surface area contributed by atoms with E-state index in [1.165, 1.54) is 32.0 Å². The Bertz CT molecular complexity index is 408. The maximum atomic E-state index is 5.64. The van der Waals surface area contributed by atoms with Crippen molar-refractivity contribution in [3.8, 4) is 0 Å². The van der Waals surface area contributed by atoms with E-state index in [1.807, 2.05) is 0 Å². The van der Waals surface area contributed by atoms with Crippen LogP contribution in [0.2, 0.25) is 0 Å². The van der Waals surface area contributed by atoms with Crippen LogP contribution in [0.3, 0.4) is 0 Å². The Morgan fingerprint density at radius 3 is 2.72 bits per heavy atom. The van der Waals surface area contributed by atoms with Crippen LogP contribution in [0.4, 0.5) is 11.6 Å². The van der Waals surface area contributed by atoms with Gasteiger partial charge in [0.05, 0.1) is 0 Å². The summed E-state index contributed by atoms with van der Waals surface area (Å²) < 4.78 is 0. The van der Waals surface area contributed by atoms with Gasteiger partial charge in [0, 0.05) is 24.7 Å². The van der Waals surface area contributed by atoms with Crippen LogP contribution < -0.4 is 11.1 Å². The van der Waals surface area contributed by atoms with Gasteiger partial charge >= 0.3 is 0 Å². The molecule has 0 aliphatic carbocycles. The lowest BCUT2D eigenvalue weighted by Gasteiger charge is -2.36. The van der Waals surface area contributed by atoms with Crippen LogP contribution in [-0.4, -0.2) is 40.5 Å². The Labute approximate surface area is 108 Å². The zero-order valence-corrected chi connectivity index (χ0v) is 10.8. The molecular formula is C13H21N5. The fraction of sp³-hybridized carbons (Fsp3) is 0.692. The summed E-state index contributed by atoms with van der Waals surface area (Å²) in [4.78, 5) is 10.6. The lowest BCUT2D eigenvalue weighted by Crippen LogP contribution is -2.41. The molecule has 2 aliphatic rings. The zero-order valence-electron chi connectivity index (χ0n) is 10.8. The van der Waals surface area contributed by atoms with E-state index in [9.17, 15) is 0 Å². The van der Waals surface area contributed by atoms with Crippen LogP contribution in [0.25, 0.3) is 0 Å². The molecule has 0 radical (unpaired) electrons. The molecule has 1 aromatic heterocycles. The molecule has 0 saturated carbocycles. The van der Waals surface area contributed by atoms with Crippen molar-refractivity contribution in [3.05, 3.63) is 12.4 Å². The van der Waals surface area contributed by atoms with Crippen molar-refractivity contribution in [1.82, 2.24) is 14.9 Å². The highest BCUT2D eigenvalue weighted by Gasteiger charge is 2.38. The summed E-state index contributed by atoms with van der Waals surface area (Å²) in [5, 5.41) is 3.39. The minimum atomic E-state index is 0.524. The van der Waals surface area contributed by atoms with Crippen LogP contribution in [-0.2, 0) is 0 Å². The van der Waals surface area contributed by atoms with Crippen molar-refractivity contribution >= 4 is 11.6 Å². The van der Waals surface area contributed by atoms with Gasteiger partial charge in [0.2, 0.25) is 0 Å². The lowest BCUT2D eigenvalue weighted by molar-refractivity contribution is 0.139. The number of hydrogen-bond donors (Lipinski definition) is 2. The van der Waals surface area contributed by atoms with Gasteiger partial charge < -0.3 is 16.0 Å². The summed E-state index contributed by atoms with van der Waals surface area (Å²) in [6, 6.07) is 3.39. The monoisotopic (exact) mass is 247 g/mol. The molecular weight excluding hydrogens is 226 g/mol. The maximum absolute atomic E-state index is 5.64. The molecule has 2 atom stereocenters. The standard InChI is InChI=1S/C13H21N5/c1-18-10-2-3-11(18)5-9(4-10)7-15-13-6-12(14)16-8-17-13/h6,8-11H,2-5,7H2,1H3,(H3,14,15,16,17). The Morgan fingerprint density at radius 2 is 2.06 bits per heavy atom. The highest BCUT2D eigenvalue weighted by Crippen LogP contribution is 2.37. The van der Waals surface area contributed by atoms with Gasteiger partial charge in [0.25, 0.3) is 0 Å². The number of nitrogen functional groups attached to an aromatic ring is 1. The van der Waals surface area contributed by atoms with E-state index >= 15 is 0 Å².